The Kier molecular flexibility index (Phi) is 2.10. The zero-order valence-corrected chi connectivity index (χ0v) is 8.35. The molecule has 0 aromatic carbocycles. The van der Waals surface area contributed by atoms with Crippen molar-refractivity contribution in [1.82, 2.24) is 20.2 Å². The molecule has 0 bridgehead atoms. The van der Waals surface area contributed by atoms with Crippen LogP contribution in [0.25, 0.3) is 10.8 Å². The number of aryl methyl sites for hydroxylation is 2. The first-order chi connectivity index (χ1) is 6.31. The Bertz CT molecular complexity index is 390. The predicted octanol–water partition coefficient (Wildman–Crippen LogP) is 1.80. The molecule has 0 atom stereocenters. The van der Waals surface area contributed by atoms with Crippen LogP contribution in [0.3, 0.4) is 0 Å². The summed E-state index contributed by atoms with van der Waals surface area (Å²) < 4.78 is 0. The summed E-state index contributed by atoms with van der Waals surface area (Å²) in [6.45, 7) is 4.15. The predicted molar refractivity (Wildman–Crippen MR) is 51.6 cm³/mol. The zero-order valence-electron chi connectivity index (χ0n) is 7.53. The summed E-state index contributed by atoms with van der Waals surface area (Å²) in [5, 5.41) is 7.52. The number of H-pyrrole nitrogens is 1. The Morgan fingerprint density at radius 1 is 1.54 bits per heavy atom. The van der Waals surface area contributed by atoms with Crippen molar-refractivity contribution in [2.75, 3.05) is 0 Å². The summed E-state index contributed by atoms with van der Waals surface area (Å²) >= 11 is 1.67. The Labute approximate surface area is 80.1 Å². The molecule has 0 saturated heterocycles. The van der Waals surface area contributed by atoms with E-state index in [9.17, 15) is 0 Å². The second kappa shape index (κ2) is 3.26. The highest BCUT2D eigenvalue weighted by atomic mass is 32.1. The molecule has 0 saturated carbocycles. The number of aromatic amines is 1. The Morgan fingerprint density at radius 2 is 2.38 bits per heavy atom. The third-order valence-electron chi connectivity index (χ3n) is 1.83. The molecule has 0 aliphatic carbocycles. The van der Waals surface area contributed by atoms with Gasteiger partial charge in [0.2, 0.25) is 0 Å². The smallest absolute Gasteiger partial charge is 0.184 e. The lowest BCUT2D eigenvalue weighted by Crippen LogP contribution is -1.80. The second-order valence-electron chi connectivity index (χ2n) is 2.72. The van der Waals surface area contributed by atoms with Crippen molar-refractivity contribution in [3.8, 4) is 10.8 Å². The quantitative estimate of drug-likeness (QED) is 0.793. The van der Waals surface area contributed by atoms with E-state index in [1.807, 2.05) is 6.92 Å². The molecular weight excluding hydrogens is 184 g/mol. The van der Waals surface area contributed by atoms with Gasteiger partial charge in [-0.25, -0.2) is 9.97 Å². The topological polar surface area (TPSA) is 54.5 Å². The molecule has 68 valence electrons. The first-order valence-electron chi connectivity index (χ1n) is 4.13. The van der Waals surface area contributed by atoms with Crippen molar-refractivity contribution in [2.24, 2.45) is 0 Å². The van der Waals surface area contributed by atoms with Crippen LogP contribution in [0.2, 0.25) is 0 Å². The van der Waals surface area contributed by atoms with Gasteiger partial charge in [0.1, 0.15) is 6.33 Å². The number of rotatable bonds is 2. The number of thiazole rings is 1. The highest BCUT2D eigenvalue weighted by Gasteiger charge is 2.09. The lowest BCUT2D eigenvalue weighted by molar-refractivity contribution is 1.08. The van der Waals surface area contributed by atoms with Gasteiger partial charge in [-0.15, -0.1) is 11.3 Å². The number of hydrogen-bond acceptors (Lipinski definition) is 4. The molecule has 1 N–H and O–H groups in total. The van der Waals surface area contributed by atoms with Crippen LogP contribution in [-0.2, 0) is 6.42 Å². The third-order valence-corrected chi connectivity index (χ3v) is 3.14. The van der Waals surface area contributed by atoms with Crippen LogP contribution in [-0.4, -0.2) is 20.2 Å². The van der Waals surface area contributed by atoms with Gasteiger partial charge in [0.25, 0.3) is 0 Å². The molecule has 0 fully saturated rings. The third kappa shape index (κ3) is 1.47. The average Bonchev–Trinajstić information content (AvgIpc) is 2.71. The van der Waals surface area contributed by atoms with Crippen LogP contribution < -0.4 is 0 Å². The van der Waals surface area contributed by atoms with E-state index >= 15 is 0 Å². The van der Waals surface area contributed by atoms with E-state index in [-0.39, 0.29) is 0 Å². The lowest BCUT2D eigenvalue weighted by atomic mass is 10.3. The fraction of sp³-hybridized carbons (Fsp3) is 0.375. The monoisotopic (exact) mass is 194 g/mol. The summed E-state index contributed by atoms with van der Waals surface area (Å²) in [6, 6.07) is 0. The van der Waals surface area contributed by atoms with Crippen LogP contribution in [0.5, 0.6) is 0 Å². The van der Waals surface area contributed by atoms with Crippen molar-refractivity contribution in [3.05, 3.63) is 16.9 Å². The molecule has 0 radical (unpaired) electrons. The molecule has 2 aromatic rings. The Hall–Kier alpha value is -1.23. The summed E-state index contributed by atoms with van der Waals surface area (Å²) in [6.07, 6.45) is 2.52. The van der Waals surface area contributed by atoms with Crippen molar-refractivity contribution >= 4 is 11.3 Å². The van der Waals surface area contributed by atoms with Crippen LogP contribution >= 0.6 is 11.3 Å². The van der Waals surface area contributed by atoms with Crippen molar-refractivity contribution < 1.29 is 0 Å². The highest BCUT2D eigenvalue weighted by molar-refractivity contribution is 7.15. The standard InChI is InChI=1S/C8H10N4S/c1-3-6-5(2)11-8(13-6)7-9-4-10-12-7/h4H,3H2,1-2H3,(H,9,10,12). The van der Waals surface area contributed by atoms with E-state index in [1.165, 1.54) is 11.2 Å². The number of nitrogens with one attached hydrogen (secondary N) is 1. The first-order valence-corrected chi connectivity index (χ1v) is 4.95. The minimum Gasteiger partial charge on any atom is -0.257 e. The molecule has 4 nitrogen and oxygen atoms in total. The molecular formula is C8H10N4S. The van der Waals surface area contributed by atoms with Crippen LogP contribution in [0.4, 0.5) is 0 Å². The van der Waals surface area contributed by atoms with Crippen LogP contribution in [0.1, 0.15) is 17.5 Å². The van der Waals surface area contributed by atoms with Crippen molar-refractivity contribution in [1.29, 1.82) is 0 Å². The summed E-state index contributed by atoms with van der Waals surface area (Å²) in [7, 11) is 0. The maximum Gasteiger partial charge on any atom is 0.184 e. The summed E-state index contributed by atoms with van der Waals surface area (Å²) in [4.78, 5) is 9.78. The maximum absolute atomic E-state index is 4.41. The van der Waals surface area contributed by atoms with E-state index in [2.05, 4.69) is 27.1 Å². The molecule has 0 amide bonds. The van der Waals surface area contributed by atoms with Gasteiger partial charge in [0.05, 0.1) is 5.69 Å². The molecule has 2 heterocycles. The van der Waals surface area contributed by atoms with Gasteiger partial charge in [-0.2, -0.15) is 5.10 Å². The van der Waals surface area contributed by atoms with Crippen LogP contribution in [0, 0.1) is 6.92 Å². The molecule has 0 aliphatic heterocycles. The summed E-state index contributed by atoms with van der Waals surface area (Å²) in [5.74, 6) is 0.757. The molecule has 2 aromatic heterocycles. The normalized spacial score (nSPS) is 10.6. The van der Waals surface area contributed by atoms with Gasteiger partial charge in [-0.3, -0.25) is 5.10 Å². The SMILES string of the molecule is CCc1sc(-c2ncn[nH]2)nc1C. The minimum absolute atomic E-state index is 0.757. The van der Waals surface area contributed by atoms with Crippen LogP contribution in [0.15, 0.2) is 6.33 Å². The number of nitrogens with zero attached hydrogens (tertiary/aromatic N) is 3. The maximum atomic E-state index is 4.41. The van der Waals surface area contributed by atoms with Gasteiger partial charge in [-0.1, -0.05) is 6.92 Å². The molecule has 5 heteroatoms. The van der Waals surface area contributed by atoms with Gasteiger partial charge in [0.15, 0.2) is 10.8 Å². The molecule has 2 rings (SSSR count). The fourth-order valence-electron chi connectivity index (χ4n) is 1.17. The van der Waals surface area contributed by atoms with Gasteiger partial charge < -0.3 is 0 Å². The van der Waals surface area contributed by atoms with E-state index in [4.69, 9.17) is 0 Å². The fourth-order valence-corrected chi connectivity index (χ4v) is 2.11. The number of hydrogen-bond donors (Lipinski definition) is 1. The summed E-state index contributed by atoms with van der Waals surface area (Å²) in [5.41, 5.74) is 1.10. The first kappa shape index (κ1) is 8.37. The van der Waals surface area contributed by atoms with Gasteiger partial charge >= 0.3 is 0 Å². The van der Waals surface area contributed by atoms with Gasteiger partial charge in [-0.05, 0) is 13.3 Å². The molecule has 13 heavy (non-hydrogen) atoms. The van der Waals surface area contributed by atoms with E-state index in [1.54, 1.807) is 11.3 Å². The molecule has 0 aliphatic rings. The van der Waals surface area contributed by atoms with Crippen molar-refractivity contribution in [2.45, 2.75) is 20.3 Å². The Morgan fingerprint density at radius 3 is 2.92 bits per heavy atom. The van der Waals surface area contributed by atoms with E-state index in [0.29, 0.717) is 0 Å². The average molecular weight is 194 g/mol. The van der Waals surface area contributed by atoms with Gasteiger partial charge in [0, 0.05) is 4.88 Å². The van der Waals surface area contributed by atoms with E-state index < -0.39 is 0 Å². The van der Waals surface area contributed by atoms with Crippen molar-refractivity contribution in [3.63, 3.8) is 0 Å². The molecule has 0 spiro atoms. The second-order valence-corrected chi connectivity index (χ2v) is 3.80. The zero-order chi connectivity index (χ0) is 9.26. The Balaban J connectivity index is 2.43. The minimum atomic E-state index is 0.757. The molecule has 0 unspecified atom stereocenters. The number of aromatic nitrogens is 4. The van der Waals surface area contributed by atoms with E-state index in [0.717, 1.165) is 22.9 Å². The largest absolute Gasteiger partial charge is 0.257 e. The lowest BCUT2D eigenvalue weighted by Gasteiger charge is -1.85. The highest BCUT2D eigenvalue weighted by Crippen LogP contribution is 2.24.